The fourth-order valence-corrected chi connectivity index (χ4v) is 3.25. The predicted molar refractivity (Wildman–Crippen MR) is 97.9 cm³/mol. The number of nitrogens with one attached hydrogen (secondary N) is 1. The first kappa shape index (κ1) is 16.5. The number of hydrogen-bond acceptors (Lipinski definition) is 3. The Labute approximate surface area is 148 Å². The first-order chi connectivity index (χ1) is 11.5. The number of carbonyl (C=O) groups excluding carboxylic acids is 1. The Hall–Kier alpha value is -2.34. The number of benzene rings is 1. The maximum absolute atomic E-state index is 12.7. The molecule has 124 valence electrons. The number of halogens is 1. The van der Waals surface area contributed by atoms with Gasteiger partial charge in [0, 0.05) is 11.9 Å². The van der Waals surface area contributed by atoms with E-state index in [0.29, 0.717) is 23.7 Å². The number of fused-ring (bicyclic) bond motifs is 1. The average Bonchev–Trinajstić information content (AvgIpc) is 2.86. The molecule has 0 fully saturated rings. The van der Waals surface area contributed by atoms with Crippen LogP contribution in [0.3, 0.4) is 0 Å². The first-order valence-electron chi connectivity index (χ1n) is 7.68. The number of ether oxygens (including phenoxy) is 1. The summed E-state index contributed by atoms with van der Waals surface area (Å²) in [5, 5.41) is 2.91. The van der Waals surface area contributed by atoms with Crippen LogP contribution in [0.25, 0.3) is 5.65 Å². The van der Waals surface area contributed by atoms with E-state index in [-0.39, 0.29) is 5.91 Å². The van der Waals surface area contributed by atoms with Gasteiger partial charge >= 0.3 is 0 Å². The largest absolute Gasteiger partial charge is 0.494 e. The number of nitrogens with zero attached hydrogens (tertiary/aromatic N) is 2. The van der Waals surface area contributed by atoms with E-state index in [1.54, 1.807) is 0 Å². The van der Waals surface area contributed by atoms with Crippen LogP contribution in [-0.2, 0) is 0 Å². The summed E-state index contributed by atoms with van der Waals surface area (Å²) < 4.78 is 8.09. The van der Waals surface area contributed by atoms with Crippen LogP contribution in [0, 0.1) is 13.8 Å². The molecular weight excluding hydrogens is 370 g/mol. The van der Waals surface area contributed by atoms with Crippen LogP contribution < -0.4 is 10.1 Å². The lowest BCUT2D eigenvalue weighted by Crippen LogP contribution is -2.15. The van der Waals surface area contributed by atoms with Crippen molar-refractivity contribution in [2.45, 2.75) is 20.8 Å². The van der Waals surface area contributed by atoms with Crippen molar-refractivity contribution in [1.29, 1.82) is 0 Å². The standard InChI is InChI=1S/C18H18BrN3O2/c1-4-24-14-7-5-13(6-8-14)21-18(23)16-12(3)20-17-15(19)9-11(2)10-22(16)17/h5-10H,4H2,1-3H3,(H,21,23). The van der Waals surface area contributed by atoms with E-state index in [2.05, 4.69) is 26.2 Å². The van der Waals surface area contributed by atoms with E-state index in [4.69, 9.17) is 4.74 Å². The van der Waals surface area contributed by atoms with Gasteiger partial charge in [-0.25, -0.2) is 4.98 Å². The third-order valence-corrected chi connectivity index (χ3v) is 4.21. The van der Waals surface area contributed by atoms with E-state index in [9.17, 15) is 4.79 Å². The zero-order chi connectivity index (χ0) is 17.3. The van der Waals surface area contributed by atoms with Crippen molar-refractivity contribution in [3.8, 4) is 5.75 Å². The van der Waals surface area contributed by atoms with Crippen molar-refractivity contribution in [2.24, 2.45) is 0 Å². The quantitative estimate of drug-likeness (QED) is 0.723. The molecule has 1 N–H and O–H groups in total. The van der Waals surface area contributed by atoms with Crippen LogP contribution in [0.2, 0.25) is 0 Å². The zero-order valence-corrected chi connectivity index (χ0v) is 15.3. The fourth-order valence-electron chi connectivity index (χ4n) is 2.61. The van der Waals surface area contributed by atoms with Gasteiger partial charge in [-0.1, -0.05) is 0 Å². The summed E-state index contributed by atoms with van der Waals surface area (Å²) in [6.45, 7) is 6.36. The van der Waals surface area contributed by atoms with Crippen LogP contribution in [0.1, 0.15) is 28.7 Å². The number of hydrogen-bond donors (Lipinski definition) is 1. The van der Waals surface area contributed by atoms with E-state index >= 15 is 0 Å². The zero-order valence-electron chi connectivity index (χ0n) is 13.8. The molecule has 0 aliphatic heterocycles. The van der Waals surface area contributed by atoms with Gasteiger partial charge in [-0.05, 0) is 72.6 Å². The normalized spacial score (nSPS) is 10.8. The fraction of sp³-hybridized carbons (Fsp3) is 0.222. The summed E-state index contributed by atoms with van der Waals surface area (Å²) in [7, 11) is 0. The van der Waals surface area contributed by atoms with Crippen molar-refractivity contribution < 1.29 is 9.53 Å². The molecule has 0 aliphatic carbocycles. The van der Waals surface area contributed by atoms with E-state index < -0.39 is 0 Å². The molecule has 1 aromatic carbocycles. The van der Waals surface area contributed by atoms with Crippen molar-refractivity contribution in [1.82, 2.24) is 9.38 Å². The monoisotopic (exact) mass is 387 g/mol. The van der Waals surface area contributed by atoms with Crippen LogP contribution >= 0.6 is 15.9 Å². The highest BCUT2D eigenvalue weighted by atomic mass is 79.9. The Morgan fingerprint density at radius 3 is 2.67 bits per heavy atom. The molecule has 5 nitrogen and oxygen atoms in total. The lowest BCUT2D eigenvalue weighted by molar-refractivity contribution is 0.102. The minimum absolute atomic E-state index is 0.193. The summed E-state index contributed by atoms with van der Waals surface area (Å²) in [6.07, 6.45) is 1.91. The highest BCUT2D eigenvalue weighted by molar-refractivity contribution is 9.10. The molecule has 0 saturated heterocycles. The molecule has 1 amide bonds. The molecule has 0 atom stereocenters. The molecule has 2 aromatic heterocycles. The van der Waals surface area contributed by atoms with Gasteiger partial charge in [0.1, 0.15) is 11.4 Å². The Bertz CT molecular complexity index is 901. The topological polar surface area (TPSA) is 55.6 Å². The van der Waals surface area contributed by atoms with Crippen molar-refractivity contribution in [3.05, 3.63) is 58.0 Å². The Balaban J connectivity index is 1.92. The molecule has 0 bridgehead atoms. The smallest absolute Gasteiger partial charge is 0.274 e. The number of anilines is 1. The molecule has 0 spiro atoms. The second-order valence-corrected chi connectivity index (χ2v) is 6.37. The van der Waals surface area contributed by atoms with Gasteiger partial charge in [-0.15, -0.1) is 0 Å². The molecule has 0 aliphatic rings. The van der Waals surface area contributed by atoms with E-state index in [0.717, 1.165) is 21.4 Å². The van der Waals surface area contributed by atoms with Gasteiger partial charge in [-0.3, -0.25) is 9.20 Å². The lowest BCUT2D eigenvalue weighted by atomic mass is 10.2. The summed E-state index contributed by atoms with van der Waals surface area (Å²) in [6, 6.07) is 9.30. The summed E-state index contributed by atoms with van der Waals surface area (Å²) in [5.74, 6) is 0.586. The molecule has 24 heavy (non-hydrogen) atoms. The number of carbonyl (C=O) groups is 1. The molecule has 2 heterocycles. The molecule has 6 heteroatoms. The molecule has 0 radical (unpaired) electrons. The summed E-state index contributed by atoms with van der Waals surface area (Å²) in [4.78, 5) is 17.2. The average molecular weight is 388 g/mol. The van der Waals surface area contributed by atoms with Gasteiger partial charge in [0.2, 0.25) is 0 Å². The maximum Gasteiger partial charge on any atom is 0.274 e. The Morgan fingerprint density at radius 2 is 2.00 bits per heavy atom. The van der Waals surface area contributed by atoms with Crippen molar-refractivity contribution in [3.63, 3.8) is 0 Å². The van der Waals surface area contributed by atoms with Gasteiger partial charge in [-0.2, -0.15) is 0 Å². The van der Waals surface area contributed by atoms with Crippen molar-refractivity contribution >= 4 is 33.2 Å². The first-order valence-corrected chi connectivity index (χ1v) is 8.48. The maximum atomic E-state index is 12.7. The van der Waals surface area contributed by atoms with Crippen LogP contribution in [0.15, 0.2) is 41.0 Å². The highest BCUT2D eigenvalue weighted by Gasteiger charge is 2.18. The molecule has 0 unspecified atom stereocenters. The Kier molecular flexibility index (Phi) is 4.57. The third kappa shape index (κ3) is 3.14. The molecular formula is C18H18BrN3O2. The lowest BCUT2D eigenvalue weighted by Gasteiger charge is -2.08. The van der Waals surface area contributed by atoms with E-state index in [1.807, 2.05) is 61.7 Å². The SMILES string of the molecule is CCOc1ccc(NC(=O)c2c(C)nc3c(Br)cc(C)cn23)cc1. The third-order valence-electron chi connectivity index (χ3n) is 3.62. The number of imidazole rings is 1. The van der Waals surface area contributed by atoms with Crippen molar-refractivity contribution in [2.75, 3.05) is 11.9 Å². The number of pyridine rings is 1. The molecule has 3 rings (SSSR count). The van der Waals surface area contributed by atoms with Gasteiger partial charge in [0.15, 0.2) is 5.65 Å². The highest BCUT2D eigenvalue weighted by Crippen LogP contribution is 2.23. The molecule has 0 saturated carbocycles. The van der Waals surface area contributed by atoms with Gasteiger partial charge in [0.05, 0.1) is 16.8 Å². The van der Waals surface area contributed by atoms with Crippen LogP contribution in [0.5, 0.6) is 5.75 Å². The summed E-state index contributed by atoms with van der Waals surface area (Å²) >= 11 is 3.50. The second-order valence-electron chi connectivity index (χ2n) is 5.52. The van der Waals surface area contributed by atoms with Crippen LogP contribution in [-0.4, -0.2) is 21.9 Å². The summed E-state index contributed by atoms with van der Waals surface area (Å²) in [5.41, 5.74) is 3.70. The number of rotatable bonds is 4. The van der Waals surface area contributed by atoms with Crippen LogP contribution in [0.4, 0.5) is 5.69 Å². The predicted octanol–water partition coefficient (Wildman–Crippen LogP) is 4.36. The number of aryl methyl sites for hydroxylation is 2. The molecule has 3 aromatic rings. The minimum atomic E-state index is -0.193. The Morgan fingerprint density at radius 1 is 1.29 bits per heavy atom. The number of amides is 1. The van der Waals surface area contributed by atoms with Gasteiger partial charge in [0.25, 0.3) is 5.91 Å². The number of aromatic nitrogens is 2. The van der Waals surface area contributed by atoms with E-state index in [1.165, 1.54) is 0 Å². The second kappa shape index (κ2) is 6.65. The van der Waals surface area contributed by atoms with Gasteiger partial charge < -0.3 is 10.1 Å². The minimum Gasteiger partial charge on any atom is -0.494 e.